The van der Waals surface area contributed by atoms with Gasteiger partial charge in [0.2, 0.25) is 6.54 Å². The minimum Gasteiger partial charge on any atom is -0.461 e. The van der Waals surface area contributed by atoms with E-state index in [-0.39, 0.29) is 50.0 Å². The summed E-state index contributed by atoms with van der Waals surface area (Å²) in [5.74, 6) is -1.67. The fourth-order valence-corrected chi connectivity index (χ4v) is 8.37. The number of pyridine rings is 1. The maximum Gasteiger partial charge on any atom is 0.319 e. The first-order valence-electron chi connectivity index (χ1n) is 17.0. The van der Waals surface area contributed by atoms with E-state index in [2.05, 4.69) is 24.7 Å². The number of anilines is 1. The summed E-state index contributed by atoms with van der Waals surface area (Å²) in [6.07, 6.45) is 7.42. The van der Waals surface area contributed by atoms with Crippen molar-refractivity contribution >= 4 is 40.0 Å². The average Bonchev–Trinajstić information content (AvgIpc) is 3.57. The molecule has 0 N–H and O–H groups in total. The standard InChI is InChI=1S/C36H35F3N8O2S/c1-40-17-24-20-45(12-13-47(24)34(48)28(38)15-29-41-10-14-50-29)33-27-18-42-31(26-6-3-2-5-25(26)22-7-8-22)30(39)32(27)43-35(44-33)49-21-36-9-4-11-46(36)19-23(37)16-36/h2-3,5-6,10,14-15,18,22-24H,4,7-9,11-13,16-17,19-21H2/b28-15-/t23-,24+,36+/m1/s1. The van der Waals surface area contributed by atoms with E-state index in [1.54, 1.807) is 11.6 Å². The maximum absolute atomic E-state index is 16.7. The maximum atomic E-state index is 16.7. The van der Waals surface area contributed by atoms with Gasteiger partial charge in [-0.1, -0.05) is 24.3 Å². The fourth-order valence-electron chi connectivity index (χ4n) is 7.82. The molecule has 258 valence electrons. The quantitative estimate of drug-likeness (QED) is 0.154. The highest BCUT2D eigenvalue weighted by atomic mass is 32.1. The van der Waals surface area contributed by atoms with Crippen LogP contribution in [0.3, 0.4) is 0 Å². The molecule has 0 radical (unpaired) electrons. The van der Waals surface area contributed by atoms with E-state index in [1.807, 2.05) is 29.2 Å². The van der Waals surface area contributed by atoms with Crippen LogP contribution in [0.2, 0.25) is 0 Å². The van der Waals surface area contributed by atoms with Gasteiger partial charge in [-0.2, -0.15) is 9.97 Å². The molecule has 0 unspecified atom stereocenters. The molecule has 1 aliphatic carbocycles. The highest BCUT2D eigenvalue weighted by Gasteiger charge is 2.49. The molecule has 0 spiro atoms. The van der Waals surface area contributed by atoms with Crippen molar-refractivity contribution in [1.82, 2.24) is 29.7 Å². The predicted octanol–water partition coefficient (Wildman–Crippen LogP) is 6.07. The van der Waals surface area contributed by atoms with Gasteiger partial charge in [-0.3, -0.25) is 14.7 Å². The number of halogens is 3. The lowest BCUT2D eigenvalue weighted by atomic mass is 9.95. The van der Waals surface area contributed by atoms with Crippen molar-refractivity contribution in [1.29, 1.82) is 0 Å². The van der Waals surface area contributed by atoms with Crippen LogP contribution >= 0.6 is 11.3 Å². The zero-order valence-corrected chi connectivity index (χ0v) is 28.1. The van der Waals surface area contributed by atoms with Crippen molar-refractivity contribution in [3.63, 3.8) is 0 Å². The Bertz CT molecular complexity index is 2000. The van der Waals surface area contributed by atoms with Gasteiger partial charge < -0.3 is 19.4 Å². The number of piperazine rings is 1. The minimum atomic E-state index is -0.959. The number of carbonyl (C=O) groups is 1. The van der Waals surface area contributed by atoms with Gasteiger partial charge in [0.1, 0.15) is 40.9 Å². The first kappa shape index (κ1) is 32.6. The number of hydrogen-bond donors (Lipinski definition) is 0. The molecule has 3 aromatic heterocycles. The largest absolute Gasteiger partial charge is 0.461 e. The van der Waals surface area contributed by atoms with E-state index in [9.17, 15) is 9.18 Å². The van der Waals surface area contributed by atoms with Gasteiger partial charge in [0.15, 0.2) is 11.6 Å². The number of nitrogens with zero attached hydrogens (tertiary/aromatic N) is 8. The molecule has 1 amide bonds. The second-order valence-corrected chi connectivity index (χ2v) is 14.5. The molecule has 4 fully saturated rings. The van der Waals surface area contributed by atoms with E-state index in [0.29, 0.717) is 35.1 Å². The van der Waals surface area contributed by atoms with Crippen LogP contribution in [0, 0.1) is 12.4 Å². The van der Waals surface area contributed by atoms with Gasteiger partial charge in [0.05, 0.1) is 10.9 Å². The molecular formula is C36H35F3N8O2S. The number of benzene rings is 1. The van der Waals surface area contributed by atoms with E-state index in [1.165, 1.54) is 22.4 Å². The summed E-state index contributed by atoms with van der Waals surface area (Å²) < 4.78 is 52.6. The van der Waals surface area contributed by atoms with Crippen molar-refractivity contribution in [2.75, 3.05) is 50.8 Å². The summed E-state index contributed by atoms with van der Waals surface area (Å²) in [5.41, 5.74) is 1.52. The first-order chi connectivity index (χ1) is 24.3. The Labute approximate surface area is 291 Å². The molecule has 50 heavy (non-hydrogen) atoms. The Morgan fingerprint density at radius 1 is 1.16 bits per heavy atom. The molecule has 1 aromatic carbocycles. The highest BCUT2D eigenvalue weighted by molar-refractivity contribution is 7.10. The van der Waals surface area contributed by atoms with Gasteiger partial charge in [0, 0.05) is 62.0 Å². The fraction of sp³-hybridized carbons (Fsp3) is 0.444. The third-order valence-electron chi connectivity index (χ3n) is 10.4. The van der Waals surface area contributed by atoms with Crippen molar-refractivity contribution < 1.29 is 22.7 Å². The lowest BCUT2D eigenvalue weighted by molar-refractivity contribution is -0.130. The summed E-state index contributed by atoms with van der Waals surface area (Å²) in [6.45, 7) is 9.29. The second kappa shape index (κ2) is 13.3. The molecule has 10 nitrogen and oxygen atoms in total. The molecule has 3 saturated heterocycles. The Morgan fingerprint density at radius 2 is 2.02 bits per heavy atom. The number of thiazole rings is 1. The number of amides is 1. The zero-order chi connectivity index (χ0) is 34.4. The molecule has 1 saturated carbocycles. The van der Waals surface area contributed by atoms with E-state index in [4.69, 9.17) is 16.3 Å². The van der Waals surface area contributed by atoms with Crippen LogP contribution in [-0.4, -0.2) is 99.3 Å². The van der Waals surface area contributed by atoms with E-state index in [0.717, 1.165) is 49.4 Å². The van der Waals surface area contributed by atoms with Crippen LogP contribution in [0.5, 0.6) is 6.01 Å². The van der Waals surface area contributed by atoms with Crippen LogP contribution in [0.4, 0.5) is 19.0 Å². The summed E-state index contributed by atoms with van der Waals surface area (Å²) in [4.78, 5) is 40.1. The zero-order valence-electron chi connectivity index (χ0n) is 27.3. The normalized spacial score (nSPS) is 24.1. The van der Waals surface area contributed by atoms with Crippen molar-refractivity contribution in [3.05, 3.63) is 75.7 Å². The van der Waals surface area contributed by atoms with Crippen LogP contribution in [0.1, 0.15) is 48.6 Å². The number of ether oxygens (including phenoxy) is 1. The first-order valence-corrected chi connectivity index (χ1v) is 17.8. The Morgan fingerprint density at radius 3 is 2.82 bits per heavy atom. The van der Waals surface area contributed by atoms with Gasteiger partial charge in [0.25, 0.3) is 5.91 Å². The molecule has 3 atom stereocenters. The lowest BCUT2D eigenvalue weighted by Gasteiger charge is -2.39. The third kappa shape index (κ3) is 6.06. The molecular weight excluding hydrogens is 666 g/mol. The summed E-state index contributed by atoms with van der Waals surface area (Å²) in [5, 5.41) is 2.41. The number of fused-ring (bicyclic) bond motifs is 2. The minimum absolute atomic E-state index is 0.0360. The van der Waals surface area contributed by atoms with Gasteiger partial charge in [-0.15, -0.1) is 11.3 Å². The summed E-state index contributed by atoms with van der Waals surface area (Å²) in [7, 11) is 0. The van der Waals surface area contributed by atoms with Gasteiger partial charge >= 0.3 is 6.01 Å². The van der Waals surface area contributed by atoms with E-state index >= 15 is 8.78 Å². The van der Waals surface area contributed by atoms with Crippen LogP contribution in [0.15, 0.2) is 47.9 Å². The Balaban J connectivity index is 1.15. The van der Waals surface area contributed by atoms with Crippen molar-refractivity contribution in [2.24, 2.45) is 0 Å². The van der Waals surface area contributed by atoms with Crippen molar-refractivity contribution in [2.45, 2.75) is 55.8 Å². The van der Waals surface area contributed by atoms with E-state index < -0.39 is 35.3 Å². The molecule has 3 aliphatic heterocycles. The SMILES string of the molecule is [C-]#[N+]C[C@H]1CN(c2nc(OC[C@@]34CCCN3C[C@H](F)C4)nc3c(F)c(-c4ccccc4C4CC4)ncc23)CCN1C(=O)/C(F)=C/c1nccs1. The molecule has 4 aromatic rings. The number of alkyl halides is 1. The number of aromatic nitrogens is 4. The monoisotopic (exact) mass is 700 g/mol. The van der Waals surface area contributed by atoms with Crippen LogP contribution in [-0.2, 0) is 4.79 Å². The average molecular weight is 701 g/mol. The summed E-state index contributed by atoms with van der Waals surface area (Å²) >= 11 is 1.21. The van der Waals surface area contributed by atoms with Crippen molar-refractivity contribution in [3.8, 4) is 17.3 Å². The second-order valence-electron chi connectivity index (χ2n) is 13.5. The van der Waals surface area contributed by atoms with Gasteiger partial charge in [-0.25, -0.2) is 24.7 Å². The highest BCUT2D eigenvalue weighted by Crippen LogP contribution is 2.45. The molecule has 8 rings (SSSR count). The summed E-state index contributed by atoms with van der Waals surface area (Å²) in [6, 6.07) is 6.99. The Hall–Kier alpha value is -4.61. The predicted molar refractivity (Wildman–Crippen MR) is 184 cm³/mol. The molecule has 4 aliphatic rings. The number of carbonyl (C=O) groups excluding carboxylic acids is 1. The molecule has 14 heteroatoms. The lowest BCUT2D eigenvalue weighted by Crippen LogP contribution is -2.56. The molecule has 0 bridgehead atoms. The third-order valence-corrected chi connectivity index (χ3v) is 11.1. The van der Waals surface area contributed by atoms with Crippen LogP contribution < -0.4 is 9.64 Å². The molecule has 6 heterocycles. The van der Waals surface area contributed by atoms with Gasteiger partial charge in [-0.05, 0) is 43.7 Å². The van der Waals surface area contributed by atoms with Crippen LogP contribution in [0.25, 0.3) is 33.1 Å². The topological polar surface area (TPSA) is 91.9 Å². The number of hydrogen-bond acceptors (Lipinski definition) is 9. The number of rotatable bonds is 9. The Kier molecular flexibility index (Phi) is 8.64. The smallest absolute Gasteiger partial charge is 0.319 e.